The second kappa shape index (κ2) is 9.49. The molecule has 0 aliphatic heterocycles. The van der Waals surface area contributed by atoms with E-state index in [1.165, 1.54) is 30.9 Å². The van der Waals surface area contributed by atoms with Crippen molar-refractivity contribution in [1.29, 1.82) is 0 Å². The maximum Gasteiger partial charge on any atom is 0.416 e. The zero-order valence-electron chi connectivity index (χ0n) is 18.7. The third kappa shape index (κ3) is 4.96. The van der Waals surface area contributed by atoms with E-state index in [9.17, 15) is 22.8 Å². The van der Waals surface area contributed by atoms with Gasteiger partial charge in [0, 0.05) is 11.3 Å². The maximum atomic E-state index is 13.3. The molecule has 1 N–H and O–H groups in total. The highest BCUT2D eigenvalue weighted by atomic mass is 19.4. The smallest absolute Gasteiger partial charge is 0.416 e. The van der Waals surface area contributed by atoms with Gasteiger partial charge in [-0.2, -0.15) is 13.2 Å². The number of nitrogens with zero attached hydrogens (tertiary/aromatic N) is 2. The third-order valence-corrected chi connectivity index (χ3v) is 5.28. The summed E-state index contributed by atoms with van der Waals surface area (Å²) < 4.78 is 50.8. The summed E-state index contributed by atoms with van der Waals surface area (Å²) >= 11 is 0. The molecule has 4 aromatic rings. The van der Waals surface area contributed by atoms with Crippen molar-refractivity contribution >= 4 is 22.5 Å². The predicted octanol–water partition coefficient (Wildman–Crippen LogP) is 4.74. The molecule has 7 nitrogen and oxygen atoms in total. The molecular weight excluding hydrogens is 463 g/mol. The van der Waals surface area contributed by atoms with Crippen LogP contribution >= 0.6 is 0 Å². The number of hydrogen-bond acceptors (Lipinski definition) is 5. The number of halogens is 3. The van der Waals surface area contributed by atoms with Crippen molar-refractivity contribution < 1.29 is 27.4 Å². The second-order valence-corrected chi connectivity index (χ2v) is 7.54. The fourth-order valence-corrected chi connectivity index (χ4v) is 3.63. The topological polar surface area (TPSA) is 82.5 Å². The number of hydrogen-bond donors (Lipinski definition) is 1. The van der Waals surface area contributed by atoms with Crippen LogP contribution in [0.4, 0.5) is 18.9 Å². The van der Waals surface area contributed by atoms with E-state index in [-0.39, 0.29) is 11.5 Å². The molecule has 0 atom stereocenters. The maximum absolute atomic E-state index is 13.3. The summed E-state index contributed by atoms with van der Waals surface area (Å²) in [6.45, 7) is -0.476. The summed E-state index contributed by atoms with van der Waals surface area (Å²) in [5.41, 5.74) is -0.501. The molecule has 0 radical (unpaired) electrons. The van der Waals surface area contributed by atoms with Crippen LogP contribution in [0, 0.1) is 0 Å². The van der Waals surface area contributed by atoms with E-state index >= 15 is 0 Å². The molecule has 3 aromatic carbocycles. The summed E-state index contributed by atoms with van der Waals surface area (Å²) in [5, 5.41) is 2.72. The van der Waals surface area contributed by atoms with E-state index in [0.29, 0.717) is 28.0 Å². The number of benzene rings is 3. The number of carbonyl (C=O) groups excluding carboxylic acids is 1. The van der Waals surface area contributed by atoms with Gasteiger partial charge < -0.3 is 14.8 Å². The van der Waals surface area contributed by atoms with Gasteiger partial charge >= 0.3 is 6.18 Å². The van der Waals surface area contributed by atoms with Crippen LogP contribution in [0.1, 0.15) is 5.56 Å². The summed E-state index contributed by atoms with van der Waals surface area (Å²) in [7, 11) is 2.95. The average Bonchev–Trinajstić information content (AvgIpc) is 2.85. The van der Waals surface area contributed by atoms with Crippen LogP contribution in [0.25, 0.3) is 22.3 Å². The van der Waals surface area contributed by atoms with Crippen molar-refractivity contribution in [3.8, 4) is 22.9 Å². The molecule has 0 saturated carbocycles. The van der Waals surface area contributed by atoms with Gasteiger partial charge in [-0.15, -0.1) is 0 Å². The molecule has 0 saturated heterocycles. The quantitative estimate of drug-likeness (QED) is 0.429. The van der Waals surface area contributed by atoms with Crippen molar-refractivity contribution in [2.45, 2.75) is 12.7 Å². The third-order valence-electron chi connectivity index (χ3n) is 5.28. The summed E-state index contributed by atoms with van der Waals surface area (Å²) in [6, 6.07) is 15.9. The summed E-state index contributed by atoms with van der Waals surface area (Å²) in [4.78, 5) is 30.7. The van der Waals surface area contributed by atoms with Crippen molar-refractivity contribution in [2.24, 2.45) is 0 Å². The molecule has 0 bridgehead atoms. The molecule has 0 spiro atoms. The number of anilines is 1. The zero-order chi connectivity index (χ0) is 25.2. The standard InChI is InChI=1S/C25H20F3N3O4/c1-34-20-11-10-15(12-21(20)35-2)23-30-19-9-4-3-8-18(19)24(33)31(23)14-22(32)29-17-7-5-6-16(13-17)25(26,27)28/h3-13H,14H2,1-2H3,(H,29,32). The molecule has 35 heavy (non-hydrogen) atoms. The average molecular weight is 483 g/mol. The molecule has 180 valence electrons. The Kier molecular flexibility index (Phi) is 6.46. The minimum atomic E-state index is -4.56. The van der Waals surface area contributed by atoms with Gasteiger partial charge in [-0.25, -0.2) is 4.98 Å². The number of alkyl halides is 3. The molecule has 1 amide bonds. The Morgan fingerprint density at radius 3 is 2.43 bits per heavy atom. The number of aromatic nitrogens is 2. The number of fused-ring (bicyclic) bond motifs is 1. The largest absolute Gasteiger partial charge is 0.493 e. The van der Waals surface area contributed by atoms with Gasteiger partial charge in [-0.1, -0.05) is 18.2 Å². The molecule has 4 rings (SSSR count). The fourth-order valence-electron chi connectivity index (χ4n) is 3.63. The summed E-state index contributed by atoms with van der Waals surface area (Å²) in [6.07, 6.45) is -4.56. The van der Waals surface area contributed by atoms with Gasteiger partial charge in [-0.05, 0) is 48.5 Å². The number of nitrogens with one attached hydrogen (secondary N) is 1. The first-order valence-electron chi connectivity index (χ1n) is 10.4. The molecule has 0 aliphatic carbocycles. The van der Waals surface area contributed by atoms with Crippen LogP contribution in [-0.4, -0.2) is 29.7 Å². The molecule has 0 unspecified atom stereocenters. The normalized spacial score (nSPS) is 11.3. The Hall–Kier alpha value is -4.34. The van der Waals surface area contributed by atoms with Crippen LogP contribution in [0.15, 0.2) is 71.5 Å². The van der Waals surface area contributed by atoms with Gasteiger partial charge in [0.15, 0.2) is 11.5 Å². The van der Waals surface area contributed by atoms with Gasteiger partial charge in [-0.3, -0.25) is 14.2 Å². The lowest BCUT2D eigenvalue weighted by Gasteiger charge is -2.16. The Labute approximate surface area is 197 Å². The molecule has 1 heterocycles. The van der Waals surface area contributed by atoms with Crippen molar-refractivity contribution in [3.63, 3.8) is 0 Å². The SMILES string of the molecule is COc1ccc(-c2nc3ccccc3c(=O)n2CC(=O)Nc2cccc(C(F)(F)F)c2)cc1OC. The fraction of sp³-hybridized carbons (Fsp3) is 0.160. The van der Waals surface area contributed by atoms with Crippen LogP contribution in [0.5, 0.6) is 11.5 Å². The monoisotopic (exact) mass is 483 g/mol. The lowest BCUT2D eigenvalue weighted by atomic mass is 10.1. The zero-order valence-corrected chi connectivity index (χ0v) is 18.7. The van der Waals surface area contributed by atoms with Crippen molar-refractivity contribution in [1.82, 2.24) is 9.55 Å². The van der Waals surface area contributed by atoms with Crippen LogP contribution in [0.3, 0.4) is 0 Å². The van der Waals surface area contributed by atoms with E-state index in [1.54, 1.807) is 42.5 Å². The van der Waals surface area contributed by atoms with Gasteiger partial charge in [0.1, 0.15) is 12.4 Å². The molecular formula is C25H20F3N3O4. The molecule has 10 heteroatoms. The van der Waals surface area contributed by atoms with Gasteiger partial charge in [0.25, 0.3) is 5.56 Å². The number of carbonyl (C=O) groups is 1. The predicted molar refractivity (Wildman–Crippen MR) is 125 cm³/mol. The Morgan fingerprint density at radius 1 is 0.971 bits per heavy atom. The Balaban J connectivity index is 1.76. The lowest BCUT2D eigenvalue weighted by molar-refractivity contribution is -0.137. The number of rotatable bonds is 6. The Morgan fingerprint density at radius 2 is 1.71 bits per heavy atom. The first-order valence-corrected chi connectivity index (χ1v) is 10.4. The minimum absolute atomic E-state index is 0.0423. The summed E-state index contributed by atoms with van der Waals surface area (Å²) in [5.74, 6) is 0.361. The first kappa shape index (κ1) is 23.8. The van der Waals surface area contributed by atoms with E-state index in [4.69, 9.17) is 9.47 Å². The highest BCUT2D eigenvalue weighted by molar-refractivity contribution is 5.91. The van der Waals surface area contributed by atoms with Crippen LogP contribution < -0.4 is 20.3 Å². The van der Waals surface area contributed by atoms with E-state index in [0.717, 1.165) is 12.1 Å². The highest BCUT2D eigenvalue weighted by Crippen LogP contribution is 2.32. The molecule has 0 aliphatic rings. The van der Waals surface area contributed by atoms with Crippen molar-refractivity contribution in [3.05, 3.63) is 82.6 Å². The highest BCUT2D eigenvalue weighted by Gasteiger charge is 2.30. The number of methoxy groups -OCH3 is 2. The number of ether oxygens (including phenoxy) is 2. The van der Waals surface area contributed by atoms with E-state index in [2.05, 4.69) is 10.3 Å². The number of para-hydroxylation sites is 1. The molecule has 0 fully saturated rings. The molecule has 1 aromatic heterocycles. The minimum Gasteiger partial charge on any atom is -0.493 e. The first-order chi connectivity index (χ1) is 16.7. The number of amides is 1. The van der Waals surface area contributed by atoms with Crippen molar-refractivity contribution in [2.75, 3.05) is 19.5 Å². The van der Waals surface area contributed by atoms with Crippen LogP contribution in [-0.2, 0) is 17.5 Å². The van der Waals surface area contributed by atoms with Gasteiger partial charge in [0.2, 0.25) is 5.91 Å². The second-order valence-electron chi connectivity index (χ2n) is 7.54. The van der Waals surface area contributed by atoms with Gasteiger partial charge in [0.05, 0.1) is 30.7 Å². The lowest BCUT2D eigenvalue weighted by Crippen LogP contribution is -2.30. The van der Waals surface area contributed by atoms with Crippen LogP contribution in [0.2, 0.25) is 0 Å². The Bertz CT molecular complexity index is 1460. The van der Waals surface area contributed by atoms with E-state index < -0.39 is 29.8 Å². The van der Waals surface area contributed by atoms with E-state index in [1.807, 2.05) is 0 Å².